The van der Waals surface area contributed by atoms with Gasteiger partial charge in [-0.3, -0.25) is 9.69 Å². The van der Waals surface area contributed by atoms with Crippen LogP contribution in [0.4, 0.5) is 0 Å². The van der Waals surface area contributed by atoms with Crippen molar-refractivity contribution in [2.45, 2.75) is 52.1 Å². The van der Waals surface area contributed by atoms with Gasteiger partial charge in [0.05, 0.1) is 0 Å². The third-order valence-corrected chi connectivity index (χ3v) is 4.19. The van der Waals surface area contributed by atoms with Crippen LogP contribution in [0.2, 0.25) is 0 Å². The number of hydrogen-bond acceptors (Lipinski definition) is 2. The average Bonchev–Trinajstić information content (AvgIpc) is 2.34. The summed E-state index contributed by atoms with van der Waals surface area (Å²) in [7, 11) is 2.19. The second-order valence-corrected chi connectivity index (χ2v) is 5.56. The van der Waals surface area contributed by atoms with Gasteiger partial charge < -0.3 is 0 Å². The molecule has 0 atom stereocenters. The fourth-order valence-corrected chi connectivity index (χ4v) is 2.84. The Balaban J connectivity index is 2.02. The van der Waals surface area contributed by atoms with E-state index in [2.05, 4.69) is 44.0 Å². The Labute approximate surface area is 110 Å². The molecule has 0 unspecified atom stereocenters. The summed E-state index contributed by atoms with van der Waals surface area (Å²) in [5, 5.41) is 0. The first-order chi connectivity index (χ1) is 8.58. The number of rotatable bonds is 3. The van der Waals surface area contributed by atoms with Gasteiger partial charge in [0.2, 0.25) is 0 Å². The number of benzene rings is 1. The second-order valence-electron chi connectivity index (χ2n) is 5.56. The van der Waals surface area contributed by atoms with Crippen molar-refractivity contribution >= 4 is 5.78 Å². The summed E-state index contributed by atoms with van der Waals surface area (Å²) in [5.41, 5.74) is 4.18. The zero-order valence-electron chi connectivity index (χ0n) is 11.7. The smallest absolute Gasteiger partial charge is 0.133 e. The van der Waals surface area contributed by atoms with E-state index in [1.54, 1.807) is 0 Å². The monoisotopic (exact) mass is 245 g/mol. The van der Waals surface area contributed by atoms with Gasteiger partial charge >= 0.3 is 0 Å². The molecule has 0 saturated heterocycles. The molecule has 0 spiro atoms. The van der Waals surface area contributed by atoms with Gasteiger partial charge in [0.25, 0.3) is 0 Å². The molecular formula is C16H23NO. The Kier molecular flexibility index (Phi) is 4.18. The highest BCUT2D eigenvalue weighted by molar-refractivity contribution is 5.79. The highest BCUT2D eigenvalue weighted by Crippen LogP contribution is 2.23. The van der Waals surface area contributed by atoms with Crippen molar-refractivity contribution in [3.05, 3.63) is 34.9 Å². The largest absolute Gasteiger partial charge is 0.300 e. The molecule has 18 heavy (non-hydrogen) atoms. The maximum atomic E-state index is 11.3. The fraction of sp³-hybridized carbons (Fsp3) is 0.562. The van der Waals surface area contributed by atoms with Crippen molar-refractivity contribution in [2.75, 3.05) is 7.05 Å². The third-order valence-electron chi connectivity index (χ3n) is 4.19. The van der Waals surface area contributed by atoms with Crippen molar-refractivity contribution in [1.29, 1.82) is 0 Å². The molecule has 1 aliphatic rings. The first kappa shape index (κ1) is 13.3. The summed E-state index contributed by atoms with van der Waals surface area (Å²) in [4.78, 5) is 13.7. The number of nitrogens with zero attached hydrogens (tertiary/aromatic N) is 1. The maximum Gasteiger partial charge on any atom is 0.133 e. The van der Waals surface area contributed by atoms with E-state index in [0.717, 1.165) is 32.2 Å². The number of Topliss-reactive ketones (excluding diaryl/α,β-unsaturated/α-hetero) is 1. The van der Waals surface area contributed by atoms with Crippen LogP contribution in [-0.4, -0.2) is 23.8 Å². The summed E-state index contributed by atoms with van der Waals surface area (Å²) in [5.74, 6) is 0.437. The van der Waals surface area contributed by atoms with Crippen molar-refractivity contribution < 1.29 is 4.79 Å². The molecule has 0 amide bonds. The van der Waals surface area contributed by atoms with Gasteiger partial charge in [0.1, 0.15) is 5.78 Å². The minimum absolute atomic E-state index is 0.437. The molecule has 2 heteroatoms. The molecule has 2 rings (SSSR count). The minimum atomic E-state index is 0.437. The molecule has 1 saturated carbocycles. The molecule has 0 bridgehead atoms. The summed E-state index contributed by atoms with van der Waals surface area (Å²) in [6, 6.07) is 7.05. The molecule has 1 aromatic rings. The zero-order chi connectivity index (χ0) is 13.1. The highest BCUT2D eigenvalue weighted by Gasteiger charge is 2.22. The van der Waals surface area contributed by atoms with Crippen LogP contribution in [0.1, 0.15) is 42.4 Å². The Morgan fingerprint density at radius 1 is 1.17 bits per heavy atom. The molecule has 0 N–H and O–H groups in total. The van der Waals surface area contributed by atoms with Crippen LogP contribution in [-0.2, 0) is 11.3 Å². The van der Waals surface area contributed by atoms with E-state index in [1.807, 2.05) is 0 Å². The summed E-state index contributed by atoms with van der Waals surface area (Å²) < 4.78 is 0. The highest BCUT2D eigenvalue weighted by atomic mass is 16.1. The Morgan fingerprint density at radius 2 is 1.72 bits per heavy atom. The van der Waals surface area contributed by atoms with Crippen molar-refractivity contribution in [3.63, 3.8) is 0 Å². The van der Waals surface area contributed by atoms with E-state index in [1.165, 1.54) is 16.7 Å². The van der Waals surface area contributed by atoms with Crippen LogP contribution < -0.4 is 0 Å². The van der Waals surface area contributed by atoms with Gasteiger partial charge in [-0.25, -0.2) is 0 Å². The van der Waals surface area contributed by atoms with Crippen molar-refractivity contribution in [2.24, 2.45) is 0 Å². The lowest BCUT2D eigenvalue weighted by Gasteiger charge is -2.31. The van der Waals surface area contributed by atoms with E-state index < -0.39 is 0 Å². The van der Waals surface area contributed by atoms with Gasteiger partial charge in [-0.1, -0.05) is 18.2 Å². The van der Waals surface area contributed by atoms with Crippen LogP contribution in [0.25, 0.3) is 0 Å². The van der Waals surface area contributed by atoms with Gasteiger partial charge in [-0.15, -0.1) is 0 Å². The lowest BCUT2D eigenvalue weighted by molar-refractivity contribution is -0.121. The Morgan fingerprint density at radius 3 is 2.28 bits per heavy atom. The van der Waals surface area contributed by atoms with Gasteiger partial charge in [0, 0.05) is 25.4 Å². The number of ketones is 1. The lowest BCUT2D eigenvalue weighted by Crippen LogP contribution is -2.35. The molecule has 0 heterocycles. The standard InChI is InChI=1S/C16H23NO/c1-12-5-4-6-13(2)16(12)11-17(3)14-7-9-15(18)10-8-14/h4-6,14H,7-11H2,1-3H3. The van der Waals surface area contributed by atoms with E-state index >= 15 is 0 Å². The first-order valence-electron chi connectivity index (χ1n) is 6.85. The molecule has 0 radical (unpaired) electrons. The van der Waals surface area contributed by atoms with E-state index in [-0.39, 0.29) is 0 Å². The van der Waals surface area contributed by atoms with Gasteiger partial charge in [-0.2, -0.15) is 0 Å². The lowest BCUT2D eigenvalue weighted by atomic mass is 9.92. The number of carbonyl (C=O) groups is 1. The van der Waals surface area contributed by atoms with Crippen LogP contribution >= 0.6 is 0 Å². The number of carbonyl (C=O) groups excluding carboxylic acids is 1. The van der Waals surface area contributed by atoms with E-state index in [4.69, 9.17) is 0 Å². The van der Waals surface area contributed by atoms with E-state index in [0.29, 0.717) is 11.8 Å². The normalized spacial score (nSPS) is 17.4. The van der Waals surface area contributed by atoms with Crippen LogP contribution in [0.15, 0.2) is 18.2 Å². The summed E-state index contributed by atoms with van der Waals surface area (Å²) in [6.07, 6.45) is 3.59. The Bertz CT molecular complexity index is 408. The van der Waals surface area contributed by atoms with Gasteiger partial charge in [0.15, 0.2) is 0 Å². The third kappa shape index (κ3) is 2.99. The number of aryl methyl sites for hydroxylation is 2. The molecule has 98 valence electrons. The zero-order valence-corrected chi connectivity index (χ0v) is 11.7. The molecule has 1 aromatic carbocycles. The predicted molar refractivity (Wildman–Crippen MR) is 74.6 cm³/mol. The summed E-state index contributed by atoms with van der Waals surface area (Å²) >= 11 is 0. The van der Waals surface area contributed by atoms with Crippen LogP contribution in [0, 0.1) is 13.8 Å². The minimum Gasteiger partial charge on any atom is -0.300 e. The van der Waals surface area contributed by atoms with Crippen LogP contribution in [0.3, 0.4) is 0 Å². The molecule has 2 nitrogen and oxygen atoms in total. The second kappa shape index (κ2) is 5.66. The topological polar surface area (TPSA) is 20.3 Å². The van der Waals surface area contributed by atoms with Crippen molar-refractivity contribution in [3.8, 4) is 0 Å². The predicted octanol–water partition coefficient (Wildman–Crippen LogP) is 3.25. The van der Waals surface area contributed by atoms with Crippen LogP contribution in [0.5, 0.6) is 0 Å². The number of hydrogen-bond donors (Lipinski definition) is 0. The SMILES string of the molecule is Cc1cccc(C)c1CN(C)C1CCC(=O)CC1. The van der Waals surface area contributed by atoms with Gasteiger partial charge in [-0.05, 0) is 50.4 Å². The maximum absolute atomic E-state index is 11.3. The molecule has 0 aromatic heterocycles. The average molecular weight is 245 g/mol. The van der Waals surface area contributed by atoms with E-state index in [9.17, 15) is 4.79 Å². The fourth-order valence-electron chi connectivity index (χ4n) is 2.84. The summed E-state index contributed by atoms with van der Waals surface area (Å²) in [6.45, 7) is 5.36. The molecule has 0 aliphatic heterocycles. The quantitative estimate of drug-likeness (QED) is 0.814. The molecule has 1 fully saturated rings. The van der Waals surface area contributed by atoms with Crippen molar-refractivity contribution in [1.82, 2.24) is 4.90 Å². The molecular weight excluding hydrogens is 222 g/mol. The Hall–Kier alpha value is -1.15. The first-order valence-corrected chi connectivity index (χ1v) is 6.85. The molecule has 1 aliphatic carbocycles.